The number of methoxy groups -OCH3 is 2. The maximum atomic E-state index is 12.8. The van der Waals surface area contributed by atoms with Gasteiger partial charge in [-0.25, -0.2) is 4.79 Å². The maximum absolute atomic E-state index is 12.8. The van der Waals surface area contributed by atoms with Crippen molar-refractivity contribution < 1.29 is 14.3 Å². The Hall–Kier alpha value is -1.95. The van der Waals surface area contributed by atoms with Gasteiger partial charge in [-0.2, -0.15) is 0 Å². The van der Waals surface area contributed by atoms with Gasteiger partial charge in [0.1, 0.15) is 0 Å². The van der Waals surface area contributed by atoms with Gasteiger partial charge >= 0.3 is 6.03 Å². The fourth-order valence-corrected chi connectivity index (χ4v) is 4.66. The summed E-state index contributed by atoms with van der Waals surface area (Å²) >= 11 is 0. The molecule has 1 atom stereocenters. The fourth-order valence-electron chi connectivity index (χ4n) is 4.66. The molecule has 2 aliphatic rings. The second-order valence-electron chi connectivity index (χ2n) is 8.00. The molecular formula is C22H35N3O3. The molecule has 0 radical (unpaired) electrons. The van der Waals surface area contributed by atoms with E-state index in [0.717, 1.165) is 49.1 Å². The van der Waals surface area contributed by atoms with E-state index in [1.807, 2.05) is 30.9 Å². The van der Waals surface area contributed by atoms with Gasteiger partial charge in [0.05, 0.1) is 20.3 Å². The average molecular weight is 390 g/mol. The molecule has 1 aliphatic carbocycles. The number of carbonyl (C=O) groups excluding carboxylic acids is 1. The molecule has 0 bridgehead atoms. The molecule has 1 aromatic rings. The van der Waals surface area contributed by atoms with Gasteiger partial charge in [0.25, 0.3) is 0 Å². The zero-order valence-electron chi connectivity index (χ0n) is 17.8. The van der Waals surface area contributed by atoms with Crippen LogP contribution in [-0.4, -0.2) is 62.3 Å². The molecule has 0 spiro atoms. The van der Waals surface area contributed by atoms with Crippen LogP contribution in [0.4, 0.5) is 4.79 Å². The Morgan fingerprint density at radius 2 is 1.75 bits per heavy atom. The largest absolute Gasteiger partial charge is 0.493 e. The maximum Gasteiger partial charge on any atom is 0.317 e. The minimum absolute atomic E-state index is 0.0185. The van der Waals surface area contributed by atoms with Gasteiger partial charge in [-0.1, -0.05) is 25.3 Å². The van der Waals surface area contributed by atoms with Crippen molar-refractivity contribution >= 4 is 6.03 Å². The number of amides is 2. The van der Waals surface area contributed by atoms with Gasteiger partial charge in [-0.05, 0) is 38.3 Å². The molecule has 2 fully saturated rings. The van der Waals surface area contributed by atoms with E-state index in [1.165, 1.54) is 32.1 Å². The Labute approximate surface area is 169 Å². The molecule has 1 N–H and O–H groups in total. The van der Waals surface area contributed by atoms with Crippen LogP contribution in [-0.2, 0) is 0 Å². The molecule has 156 valence electrons. The van der Waals surface area contributed by atoms with Crippen LogP contribution in [0.1, 0.15) is 56.2 Å². The third kappa shape index (κ3) is 4.54. The van der Waals surface area contributed by atoms with Crippen molar-refractivity contribution in [1.82, 2.24) is 15.1 Å². The molecule has 6 nitrogen and oxygen atoms in total. The highest BCUT2D eigenvalue weighted by Crippen LogP contribution is 2.35. The average Bonchev–Trinajstić information content (AvgIpc) is 2.74. The Balaban J connectivity index is 1.56. The first-order chi connectivity index (χ1) is 13.5. The summed E-state index contributed by atoms with van der Waals surface area (Å²) in [6.07, 6.45) is 6.73. The summed E-state index contributed by atoms with van der Waals surface area (Å²) in [4.78, 5) is 17.3. The number of hydrogen-bond donors (Lipinski definition) is 1. The van der Waals surface area contributed by atoms with Crippen molar-refractivity contribution in [3.8, 4) is 11.5 Å². The van der Waals surface area contributed by atoms with Gasteiger partial charge in [0.2, 0.25) is 0 Å². The second kappa shape index (κ2) is 9.50. The first-order valence-corrected chi connectivity index (χ1v) is 10.6. The molecule has 1 saturated heterocycles. The van der Waals surface area contributed by atoms with E-state index < -0.39 is 0 Å². The number of carbonyl (C=O) groups is 1. The fraction of sp³-hybridized carbons (Fsp3) is 0.682. The summed E-state index contributed by atoms with van der Waals surface area (Å²) in [6, 6.07) is 4.55. The molecule has 1 aromatic carbocycles. The zero-order chi connectivity index (χ0) is 20.1. The lowest BCUT2D eigenvalue weighted by Gasteiger charge is -2.41. The number of benzene rings is 1. The predicted molar refractivity (Wildman–Crippen MR) is 111 cm³/mol. The molecule has 3 rings (SSSR count). The monoisotopic (exact) mass is 389 g/mol. The van der Waals surface area contributed by atoms with Crippen LogP contribution in [0.5, 0.6) is 11.5 Å². The smallest absolute Gasteiger partial charge is 0.317 e. The lowest BCUT2D eigenvalue weighted by molar-refractivity contribution is 0.0899. The van der Waals surface area contributed by atoms with Crippen LogP contribution in [0.3, 0.4) is 0 Å². The lowest BCUT2D eigenvalue weighted by Crippen LogP contribution is -2.54. The minimum atomic E-state index is -0.0938. The van der Waals surface area contributed by atoms with E-state index in [4.69, 9.17) is 9.47 Å². The summed E-state index contributed by atoms with van der Waals surface area (Å²) in [6.45, 7) is 7.61. The molecule has 1 saturated carbocycles. The van der Waals surface area contributed by atoms with E-state index >= 15 is 0 Å². The third-order valence-corrected chi connectivity index (χ3v) is 6.33. The number of piperazine rings is 1. The molecule has 6 heteroatoms. The second-order valence-corrected chi connectivity index (χ2v) is 8.00. The summed E-state index contributed by atoms with van der Waals surface area (Å²) in [5, 5.41) is 3.16. The van der Waals surface area contributed by atoms with Crippen LogP contribution >= 0.6 is 0 Å². The van der Waals surface area contributed by atoms with Crippen LogP contribution in [0.2, 0.25) is 0 Å². The number of ether oxygens (including phenoxy) is 2. The topological polar surface area (TPSA) is 54.0 Å². The van der Waals surface area contributed by atoms with Crippen LogP contribution < -0.4 is 14.8 Å². The first kappa shape index (κ1) is 20.8. The molecule has 2 amide bonds. The summed E-state index contributed by atoms with van der Waals surface area (Å²) in [5.74, 6) is 1.43. The van der Waals surface area contributed by atoms with Gasteiger partial charge in [0, 0.05) is 37.8 Å². The molecule has 28 heavy (non-hydrogen) atoms. The Kier molecular flexibility index (Phi) is 7.05. The van der Waals surface area contributed by atoms with Crippen LogP contribution in [0.25, 0.3) is 0 Å². The Morgan fingerprint density at radius 1 is 1.07 bits per heavy atom. The third-order valence-electron chi connectivity index (χ3n) is 6.33. The van der Waals surface area contributed by atoms with E-state index in [0.29, 0.717) is 5.75 Å². The predicted octanol–water partition coefficient (Wildman–Crippen LogP) is 3.73. The first-order valence-electron chi connectivity index (χ1n) is 10.6. The van der Waals surface area contributed by atoms with Crippen molar-refractivity contribution in [2.24, 2.45) is 0 Å². The van der Waals surface area contributed by atoms with E-state index in [1.54, 1.807) is 14.2 Å². The molecule has 1 aliphatic heterocycles. The van der Waals surface area contributed by atoms with Gasteiger partial charge < -0.3 is 19.7 Å². The van der Waals surface area contributed by atoms with Gasteiger partial charge in [-0.15, -0.1) is 0 Å². The van der Waals surface area contributed by atoms with E-state index in [2.05, 4.69) is 10.2 Å². The van der Waals surface area contributed by atoms with Crippen molar-refractivity contribution in [2.45, 2.75) is 58.0 Å². The van der Waals surface area contributed by atoms with Crippen molar-refractivity contribution in [1.29, 1.82) is 0 Å². The highest BCUT2D eigenvalue weighted by molar-refractivity contribution is 5.75. The number of nitrogens with zero attached hydrogens (tertiary/aromatic N) is 2. The lowest BCUT2D eigenvalue weighted by atomic mass is 9.94. The Morgan fingerprint density at radius 3 is 2.36 bits per heavy atom. The van der Waals surface area contributed by atoms with Crippen LogP contribution in [0, 0.1) is 6.92 Å². The number of hydrogen-bond acceptors (Lipinski definition) is 4. The standard InChI is InChI=1S/C22H35N3O3/c1-16-19(10-11-20(27-3)21(16)28-4)17(2)23-22(26)25-14-12-24(13-15-25)18-8-6-5-7-9-18/h10-11,17-18H,5-9,12-15H2,1-4H3,(H,23,26). The van der Waals surface area contributed by atoms with Crippen LogP contribution in [0.15, 0.2) is 12.1 Å². The number of urea groups is 1. The summed E-state index contributed by atoms with van der Waals surface area (Å²) in [5.41, 5.74) is 2.05. The minimum Gasteiger partial charge on any atom is -0.493 e. The SMILES string of the molecule is COc1ccc(C(C)NC(=O)N2CCN(C3CCCCC3)CC2)c(C)c1OC. The quantitative estimate of drug-likeness (QED) is 0.834. The van der Waals surface area contributed by atoms with E-state index in [9.17, 15) is 4.79 Å². The summed E-state index contributed by atoms with van der Waals surface area (Å²) in [7, 11) is 3.28. The van der Waals surface area contributed by atoms with Gasteiger partial charge in [0.15, 0.2) is 11.5 Å². The highest BCUT2D eigenvalue weighted by atomic mass is 16.5. The molecular weight excluding hydrogens is 354 g/mol. The highest BCUT2D eigenvalue weighted by Gasteiger charge is 2.28. The molecule has 1 heterocycles. The van der Waals surface area contributed by atoms with E-state index in [-0.39, 0.29) is 12.1 Å². The number of rotatable bonds is 5. The zero-order valence-corrected chi connectivity index (χ0v) is 17.8. The van der Waals surface area contributed by atoms with Crippen molar-refractivity contribution in [2.75, 3.05) is 40.4 Å². The van der Waals surface area contributed by atoms with Crippen molar-refractivity contribution in [3.05, 3.63) is 23.3 Å². The normalized spacial score (nSPS) is 19.9. The number of nitrogens with one attached hydrogen (secondary N) is 1. The molecule has 1 unspecified atom stereocenters. The van der Waals surface area contributed by atoms with Crippen molar-refractivity contribution in [3.63, 3.8) is 0 Å². The Bertz CT molecular complexity index is 665. The summed E-state index contributed by atoms with van der Waals surface area (Å²) < 4.78 is 10.9. The van der Waals surface area contributed by atoms with Gasteiger partial charge in [-0.3, -0.25) is 4.90 Å². The molecule has 0 aromatic heterocycles.